The first-order valence-corrected chi connectivity index (χ1v) is 7.68. The number of likely N-dealkylation sites (N-methyl/N-ethyl adjacent to an activating group) is 1. The summed E-state index contributed by atoms with van der Waals surface area (Å²) in [5, 5.41) is 2.87. The van der Waals surface area contributed by atoms with Crippen LogP contribution in [-0.4, -0.2) is 42.4 Å². The summed E-state index contributed by atoms with van der Waals surface area (Å²) in [6.07, 6.45) is 2.07. The lowest BCUT2D eigenvalue weighted by atomic mass is 10.2. The molecule has 1 aromatic rings. The van der Waals surface area contributed by atoms with E-state index in [0.717, 1.165) is 17.0 Å². The largest absolute Gasteiger partial charge is 0.398 e. The molecule has 19 heavy (non-hydrogen) atoms. The van der Waals surface area contributed by atoms with Gasteiger partial charge in [-0.1, -0.05) is 6.07 Å². The first-order valence-electron chi connectivity index (χ1n) is 6.29. The van der Waals surface area contributed by atoms with Gasteiger partial charge in [0.1, 0.15) is 0 Å². The van der Waals surface area contributed by atoms with Gasteiger partial charge in [0.2, 0.25) is 5.91 Å². The number of hydrogen-bond donors (Lipinski definition) is 2. The molecule has 0 saturated carbocycles. The second-order valence-corrected chi connectivity index (χ2v) is 5.75. The van der Waals surface area contributed by atoms with Gasteiger partial charge in [-0.2, -0.15) is 11.8 Å². The molecule has 0 aliphatic rings. The normalized spacial score (nSPS) is 12.5. The van der Waals surface area contributed by atoms with Gasteiger partial charge >= 0.3 is 0 Å². The molecule has 0 saturated heterocycles. The van der Waals surface area contributed by atoms with Crippen molar-refractivity contribution in [1.82, 2.24) is 4.90 Å². The molecule has 1 aromatic carbocycles. The van der Waals surface area contributed by atoms with Crippen molar-refractivity contribution in [3.8, 4) is 0 Å². The number of carbonyl (C=O) groups is 1. The summed E-state index contributed by atoms with van der Waals surface area (Å²) in [5.41, 5.74) is 8.28. The minimum absolute atomic E-state index is 0.0151. The van der Waals surface area contributed by atoms with Crippen molar-refractivity contribution < 1.29 is 4.79 Å². The highest BCUT2D eigenvalue weighted by Gasteiger charge is 2.12. The summed E-state index contributed by atoms with van der Waals surface area (Å²) in [5.74, 6) is 1.00. The number of nitrogens with one attached hydrogen (secondary N) is 1. The van der Waals surface area contributed by atoms with E-state index in [2.05, 4.69) is 18.5 Å². The minimum Gasteiger partial charge on any atom is -0.398 e. The molecule has 1 atom stereocenters. The third-order valence-electron chi connectivity index (χ3n) is 3.12. The average Bonchev–Trinajstić information content (AvgIpc) is 2.34. The van der Waals surface area contributed by atoms with Crippen molar-refractivity contribution >= 4 is 29.0 Å². The monoisotopic (exact) mass is 281 g/mol. The van der Waals surface area contributed by atoms with Gasteiger partial charge in [-0.3, -0.25) is 9.69 Å². The van der Waals surface area contributed by atoms with Gasteiger partial charge < -0.3 is 11.1 Å². The Kier molecular flexibility index (Phi) is 6.18. The standard InChI is InChI=1S/C14H23N3OS/c1-10-5-6-12(7-13(10)15)16-14(18)8-17(3)11(2)9-19-4/h5-7,11H,8-9,15H2,1-4H3,(H,16,18). The molecule has 0 heterocycles. The van der Waals surface area contributed by atoms with E-state index in [1.807, 2.05) is 31.0 Å². The molecule has 0 aliphatic heterocycles. The van der Waals surface area contributed by atoms with Crippen LogP contribution in [0.1, 0.15) is 12.5 Å². The van der Waals surface area contributed by atoms with Crippen LogP contribution in [-0.2, 0) is 4.79 Å². The zero-order valence-corrected chi connectivity index (χ0v) is 12.9. The van der Waals surface area contributed by atoms with Crippen LogP contribution in [0.5, 0.6) is 0 Å². The van der Waals surface area contributed by atoms with Crippen LogP contribution >= 0.6 is 11.8 Å². The smallest absolute Gasteiger partial charge is 0.238 e. The molecule has 106 valence electrons. The first kappa shape index (κ1) is 15.9. The summed E-state index contributed by atoms with van der Waals surface area (Å²) < 4.78 is 0. The van der Waals surface area contributed by atoms with E-state index in [9.17, 15) is 4.79 Å². The molecular weight excluding hydrogens is 258 g/mol. The van der Waals surface area contributed by atoms with E-state index in [0.29, 0.717) is 18.3 Å². The van der Waals surface area contributed by atoms with Gasteiger partial charge in [-0.05, 0) is 44.8 Å². The van der Waals surface area contributed by atoms with Crippen LogP contribution in [0.4, 0.5) is 11.4 Å². The van der Waals surface area contributed by atoms with Crippen molar-refractivity contribution in [2.45, 2.75) is 19.9 Å². The molecule has 0 fully saturated rings. The highest BCUT2D eigenvalue weighted by molar-refractivity contribution is 7.98. The van der Waals surface area contributed by atoms with Gasteiger partial charge in [-0.15, -0.1) is 0 Å². The van der Waals surface area contributed by atoms with Crippen molar-refractivity contribution in [2.24, 2.45) is 0 Å². The number of nitrogens with zero attached hydrogens (tertiary/aromatic N) is 1. The Labute approximate surface area is 119 Å². The maximum Gasteiger partial charge on any atom is 0.238 e. The quantitative estimate of drug-likeness (QED) is 0.785. The van der Waals surface area contributed by atoms with Gasteiger partial charge in [0.15, 0.2) is 0 Å². The summed E-state index contributed by atoms with van der Waals surface area (Å²) >= 11 is 1.78. The maximum atomic E-state index is 11.9. The molecule has 4 nitrogen and oxygen atoms in total. The predicted molar refractivity (Wildman–Crippen MR) is 84.7 cm³/mol. The fourth-order valence-electron chi connectivity index (χ4n) is 1.67. The number of hydrogen-bond acceptors (Lipinski definition) is 4. The van der Waals surface area contributed by atoms with Crippen molar-refractivity contribution in [3.05, 3.63) is 23.8 Å². The van der Waals surface area contributed by atoms with E-state index in [1.165, 1.54) is 0 Å². The Morgan fingerprint density at radius 2 is 2.21 bits per heavy atom. The number of anilines is 2. The van der Waals surface area contributed by atoms with E-state index < -0.39 is 0 Å². The molecule has 1 rings (SSSR count). The third-order valence-corrected chi connectivity index (χ3v) is 3.93. The number of nitrogen functional groups attached to an aromatic ring is 1. The lowest BCUT2D eigenvalue weighted by molar-refractivity contribution is -0.117. The highest BCUT2D eigenvalue weighted by atomic mass is 32.2. The summed E-state index contributed by atoms with van der Waals surface area (Å²) in [4.78, 5) is 14.0. The summed E-state index contributed by atoms with van der Waals surface area (Å²) in [6, 6.07) is 5.95. The van der Waals surface area contributed by atoms with Crippen LogP contribution in [0.3, 0.4) is 0 Å². The molecule has 1 unspecified atom stereocenters. The molecule has 1 amide bonds. The van der Waals surface area contributed by atoms with Gasteiger partial charge in [0.25, 0.3) is 0 Å². The fourth-order valence-corrected chi connectivity index (χ4v) is 2.41. The second-order valence-electron chi connectivity index (χ2n) is 4.84. The number of amides is 1. The lowest BCUT2D eigenvalue weighted by Gasteiger charge is -2.23. The van der Waals surface area contributed by atoms with Crippen LogP contribution < -0.4 is 11.1 Å². The topological polar surface area (TPSA) is 58.4 Å². The van der Waals surface area contributed by atoms with E-state index in [-0.39, 0.29) is 5.91 Å². The number of thioether (sulfide) groups is 1. The fraction of sp³-hybridized carbons (Fsp3) is 0.500. The predicted octanol–water partition coefficient (Wildman–Crippen LogP) is 2.20. The first-order chi connectivity index (χ1) is 8.93. The molecule has 0 aliphatic carbocycles. The van der Waals surface area contributed by atoms with Crippen LogP contribution in [0.15, 0.2) is 18.2 Å². The average molecular weight is 281 g/mol. The molecule has 0 bridgehead atoms. The zero-order valence-electron chi connectivity index (χ0n) is 12.1. The van der Waals surface area contributed by atoms with Crippen LogP contribution in [0.2, 0.25) is 0 Å². The van der Waals surface area contributed by atoms with Crippen molar-refractivity contribution in [2.75, 3.05) is 36.7 Å². The Bertz CT molecular complexity index is 437. The molecule has 5 heteroatoms. The number of rotatable bonds is 6. The molecule has 0 aromatic heterocycles. The van der Waals surface area contributed by atoms with Crippen LogP contribution in [0, 0.1) is 6.92 Å². The van der Waals surface area contributed by atoms with Crippen molar-refractivity contribution in [3.63, 3.8) is 0 Å². The number of benzene rings is 1. The SMILES string of the molecule is CSCC(C)N(C)CC(=O)Nc1ccc(C)c(N)c1. The molecular formula is C14H23N3OS. The van der Waals surface area contributed by atoms with E-state index in [1.54, 1.807) is 17.8 Å². The Morgan fingerprint density at radius 1 is 1.53 bits per heavy atom. The molecule has 0 radical (unpaired) electrons. The third kappa shape index (κ3) is 5.12. The van der Waals surface area contributed by atoms with Gasteiger partial charge in [-0.25, -0.2) is 0 Å². The number of carbonyl (C=O) groups excluding carboxylic acids is 1. The van der Waals surface area contributed by atoms with E-state index in [4.69, 9.17) is 5.73 Å². The van der Waals surface area contributed by atoms with Crippen LogP contribution in [0.25, 0.3) is 0 Å². The Balaban J connectivity index is 2.53. The summed E-state index contributed by atoms with van der Waals surface area (Å²) in [6.45, 7) is 4.45. The Morgan fingerprint density at radius 3 is 2.79 bits per heavy atom. The zero-order chi connectivity index (χ0) is 14.4. The second kappa shape index (κ2) is 7.40. The number of aryl methyl sites for hydroxylation is 1. The summed E-state index contributed by atoms with van der Waals surface area (Å²) in [7, 11) is 1.96. The number of nitrogens with two attached hydrogens (primary N) is 1. The lowest BCUT2D eigenvalue weighted by Crippen LogP contribution is -2.37. The minimum atomic E-state index is -0.0151. The van der Waals surface area contributed by atoms with E-state index >= 15 is 0 Å². The van der Waals surface area contributed by atoms with Gasteiger partial charge in [0.05, 0.1) is 6.54 Å². The highest BCUT2D eigenvalue weighted by Crippen LogP contribution is 2.16. The Hall–Kier alpha value is -1.20. The molecule has 3 N–H and O–H groups in total. The maximum absolute atomic E-state index is 11.9. The molecule has 0 spiro atoms. The van der Waals surface area contributed by atoms with Crippen molar-refractivity contribution in [1.29, 1.82) is 0 Å². The van der Waals surface area contributed by atoms with Gasteiger partial charge in [0, 0.05) is 23.2 Å².